The number of nitrogens with zero attached hydrogens (tertiary/aromatic N) is 4. The van der Waals surface area contributed by atoms with Crippen LogP contribution in [0.25, 0.3) is 16.9 Å². The van der Waals surface area contributed by atoms with Crippen molar-refractivity contribution in [2.75, 3.05) is 11.9 Å². The molecule has 0 bridgehead atoms. The van der Waals surface area contributed by atoms with Gasteiger partial charge in [-0.15, -0.1) is 0 Å². The number of amides is 1. The summed E-state index contributed by atoms with van der Waals surface area (Å²) in [6.07, 6.45) is 0. The van der Waals surface area contributed by atoms with Gasteiger partial charge in [-0.3, -0.25) is 9.48 Å². The molecule has 1 amide bonds. The number of para-hydroxylation sites is 1. The van der Waals surface area contributed by atoms with E-state index in [0.717, 1.165) is 16.8 Å². The van der Waals surface area contributed by atoms with Gasteiger partial charge >= 0.3 is 5.97 Å². The molecule has 0 atom stereocenters. The van der Waals surface area contributed by atoms with E-state index >= 15 is 0 Å². The van der Waals surface area contributed by atoms with Crippen molar-refractivity contribution in [3.05, 3.63) is 82.6 Å². The van der Waals surface area contributed by atoms with Crippen molar-refractivity contribution in [2.24, 2.45) is 7.05 Å². The predicted octanol–water partition coefficient (Wildman–Crippen LogP) is 4.34. The highest BCUT2D eigenvalue weighted by molar-refractivity contribution is 6.32. The molecule has 168 valence electrons. The normalized spacial score (nSPS) is 10.8. The van der Waals surface area contributed by atoms with Crippen molar-refractivity contribution in [1.29, 1.82) is 0 Å². The van der Waals surface area contributed by atoms with Crippen LogP contribution in [0, 0.1) is 13.8 Å². The SMILES string of the molecule is Cc1ccc(-c2cc(NC(=O)COC(=O)c3c(C)nn(C)c3Cl)n(-c3ccccc3)n2)cc1. The molecule has 0 aliphatic rings. The average molecular weight is 464 g/mol. The van der Waals surface area contributed by atoms with E-state index in [2.05, 4.69) is 15.5 Å². The van der Waals surface area contributed by atoms with Gasteiger partial charge in [-0.2, -0.15) is 10.2 Å². The second-order valence-corrected chi connectivity index (χ2v) is 7.89. The summed E-state index contributed by atoms with van der Waals surface area (Å²) in [5, 5.41) is 11.7. The van der Waals surface area contributed by atoms with Gasteiger partial charge in [-0.1, -0.05) is 59.6 Å². The van der Waals surface area contributed by atoms with E-state index in [1.54, 1.807) is 24.7 Å². The van der Waals surface area contributed by atoms with E-state index in [4.69, 9.17) is 16.3 Å². The van der Waals surface area contributed by atoms with Crippen molar-refractivity contribution in [3.63, 3.8) is 0 Å². The van der Waals surface area contributed by atoms with Gasteiger partial charge in [0.15, 0.2) is 6.61 Å². The maximum Gasteiger partial charge on any atom is 0.343 e. The first kappa shape index (κ1) is 22.3. The quantitative estimate of drug-likeness (QED) is 0.429. The number of benzene rings is 2. The Hall–Kier alpha value is -3.91. The summed E-state index contributed by atoms with van der Waals surface area (Å²) in [4.78, 5) is 25.0. The topological polar surface area (TPSA) is 91.0 Å². The van der Waals surface area contributed by atoms with Gasteiger partial charge in [0.25, 0.3) is 5.91 Å². The van der Waals surface area contributed by atoms with E-state index in [1.165, 1.54) is 4.68 Å². The van der Waals surface area contributed by atoms with Crippen molar-refractivity contribution in [1.82, 2.24) is 19.6 Å². The first-order chi connectivity index (χ1) is 15.8. The number of nitrogens with one attached hydrogen (secondary N) is 1. The largest absolute Gasteiger partial charge is 0.452 e. The Morgan fingerprint density at radius 2 is 1.73 bits per heavy atom. The van der Waals surface area contributed by atoms with E-state index in [1.807, 2.05) is 61.5 Å². The molecule has 0 saturated carbocycles. The minimum absolute atomic E-state index is 0.142. The first-order valence-corrected chi connectivity index (χ1v) is 10.6. The van der Waals surface area contributed by atoms with Crippen LogP contribution >= 0.6 is 11.6 Å². The Morgan fingerprint density at radius 3 is 2.36 bits per heavy atom. The standard InChI is InChI=1S/C24H22ClN5O3/c1-15-9-11-17(12-10-15)19-13-20(30(28-19)18-7-5-4-6-8-18)26-21(31)14-33-24(32)22-16(2)27-29(3)23(22)25/h4-13H,14H2,1-3H3,(H,26,31). The minimum atomic E-state index is -0.710. The minimum Gasteiger partial charge on any atom is -0.452 e. The highest BCUT2D eigenvalue weighted by Crippen LogP contribution is 2.25. The van der Waals surface area contributed by atoms with Crippen LogP contribution in [0.15, 0.2) is 60.7 Å². The number of aryl methyl sites for hydroxylation is 3. The average Bonchev–Trinajstić information content (AvgIpc) is 3.33. The number of carbonyl (C=O) groups excluding carboxylic acids is 2. The summed E-state index contributed by atoms with van der Waals surface area (Å²) in [6, 6.07) is 19.2. The molecule has 0 aliphatic heterocycles. The number of hydrogen-bond acceptors (Lipinski definition) is 5. The lowest BCUT2D eigenvalue weighted by Gasteiger charge is -2.09. The van der Waals surface area contributed by atoms with Crippen LogP contribution in [0.5, 0.6) is 0 Å². The van der Waals surface area contributed by atoms with E-state index in [0.29, 0.717) is 17.2 Å². The van der Waals surface area contributed by atoms with Crippen LogP contribution in [0.4, 0.5) is 5.82 Å². The lowest BCUT2D eigenvalue weighted by atomic mass is 10.1. The zero-order valence-electron chi connectivity index (χ0n) is 18.4. The first-order valence-electron chi connectivity index (χ1n) is 10.2. The predicted molar refractivity (Wildman–Crippen MR) is 126 cm³/mol. The number of halogens is 1. The Kier molecular flexibility index (Phi) is 6.28. The van der Waals surface area contributed by atoms with Crippen molar-refractivity contribution in [3.8, 4) is 16.9 Å². The molecule has 0 radical (unpaired) electrons. The van der Waals surface area contributed by atoms with Gasteiger partial charge < -0.3 is 10.1 Å². The van der Waals surface area contributed by atoms with Crippen LogP contribution in [0.1, 0.15) is 21.6 Å². The highest BCUT2D eigenvalue weighted by Gasteiger charge is 2.22. The van der Waals surface area contributed by atoms with Gasteiger partial charge in [-0.05, 0) is 26.0 Å². The van der Waals surface area contributed by atoms with Crippen molar-refractivity contribution in [2.45, 2.75) is 13.8 Å². The third-order valence-electron chi connectivity index (χ3n) is 5.02. The summed E-state index contributed by atoms with van der Waals surface area (Å²) < 4.78 is 8.18. The molecule has 1 N–H and O–H groups in total. The Balaban J connectivity index is 1.54. The second kappa shape index (κ2) is 9.30. The Morgan fingerprint density at radius 1 is 1.03 bits per heavy atom. The zero-order valence-corrected chi connectivity index (χ0v) is 19.1. The molecule has 33 heavy (non-hydrogen) atoms. The van der Waals surface area contributed by atoms with Crippen LogP contribution < -0.4 is 5.32 Å². The fourth-order valence-electron chi connectivity index (χ4n) is 3.35. The smallest absolute Gasteiger partial charge is 0.343 e. The van der Waals surface area contributed by atoms with Crippen LogP contribution in [-0.2, 0) is 16.6 Å². The molecule has 0 fully saturated rings. The lowest BCUT2D eigenvalue weighted by Crippen LogP contribution is -2.22. The molecule has 4 aromatic rings. The number of aromatic nitrogens is 4. The van der Waals surface area contributed by atoms with E-state index in [9.17, 15) is 9.59 Å². The monoisotopic (exact) mass is 463 g/mol. The van der Waals surface area contributed by atoms with Gasteiger partial charge in [0.05, 0.1) is 17.1 Å². The number of rotatable bonds is 6. The van der Waals surface area contributed by atoms with Gasteiger partial charge in [-0.25, -0.2) is 9.48 Å². The van der Waals surface area contributed by atoms with Gasteiger partial charge in [0, 0.05) is 18.7 Å². The van der Waals surface area contributed by atoms with E-state index in [-0.39, 0.29) is 10.7 Å². The molecule has 0 aliphatic carbocycles. The van der Waals surface area contributed by atoms with Crippen molar-refractivity contribution < 1.29 is 14.3 Å². The molecule has 8 nitrogen and oxygen atoms in total. The number of ether oxygens (including phenoxy) is 1. The summed E-state index contributed by atoms with van der Waals surface area (Å²) in [6.45, 7) is 3.18. The summed E-state index contributed by atoms with van der Waals surface area (Å²) >= 11 is 6.10. The molecule has 0 unspecified atom stereocenters. The third-order valence-corrected chi connectivity index (χ3v) is 5.45. The number of esters is 1. The second-order valence-electron chi connectivity index (χ2n) is 7.53. The zero-order chi connectivity index (χ0) is 23.5. The summed E-state index contributed by atoms with van der Waals surface area (Å²) in [5.41, 5.74) is 4.10. The maximum absolute atomic E-state index is 12.6. The third kappa shape index (κ3) is 4.80. The van der Waals surface area contributed by atoms with Crippen molar-refractivity contribution >= 4 is 29.3 Å². The lowest BCUT2D eigenvalue weighted by molar-refractivity contribution is -0.119. The molecule has 2 aromatic carbocycles. The molecule has 0 spiro atoms. The van der Waals surface area contributed by atoms with Crippen LogP contribution in [0.3, 0.4) is 0 Å². The Bertz CT molecular complexity index is 1310. The summed E-state index contributed by atoms with van der Waals surface area (Å²) in [7, 11) is 1.62. The maximum atomic E-state index is 12.6. The fraction of sp³-hybridized carbons (Fsp3) is 0.167. The number of hydrogen-bond donors (Lipinski definition) is 1. The number of anilines is 1. The van der Waals surface area contributed by atoms with Crippen LogP contribution in [-0.4, -0.2) is 38.0 Å². The fourth-order valence-corrected chi connectivity index (χ4v) is 3.60. The van der Waals surface area contributed by atoms with E-state index < -0.39 is 18.5 Å². The molecular formula is C24H22ClN5O3. The molecule has 2 aromatic heterocycles. The number of carbonyl (C=O) groups is 2. The molecule has 9 heteroatoms. The molecular weight excluding hydrogens is 442 g/mol. The molecule has 4 rings (SSSR count). The van der Waals surface area contributed by atoms with Gasteiger partial charge in [0.2, 0.25) is 0 Å². The molecule has 2 heterocycles. The highest BCUT2D eigenvalue weighted by atomic mass is 35.5. The molecule has 0 saturated heterocycles. The van der Waals surface area contributed by atoms with Crippen LogP contribution in [0.2, 0.25) is 5.15 Å². The summed E-state index contributed by atoms with van der Waals surface area (Å²) in [5.74, 6) is -0.764. The van der Waals surface area contributed by atoms with Gasteiger partial charge in [0.1, 0.15) is 16.5 Å². The Labute approximate surface area is 195 Å².